The van der Waals surface area contributed by atoms with Crippen LogP contribution in [0.25, 0.3) is 10.1 Å². The molecular weight excluding hydrogens is 437 g/mol. The summed E-state index contributed by atoms with van der Waals surface area (Å²) in [6.45, 7) is 3.90. The number of hydrogen-bond acceptors (Lipinski definition) is 4. The maximum atomic E-state index is 12.8. The summed E-state index contributed by atoms with van der Waals surface area (Å²) in [6.07, 6.45) is 0. The molecule has 7 heteroatoms. The zero-order valence-corrected chi connectivity index (χ0v) is 18.6. The van der Waals surface area contributed by atoms with E-state index in [9.17, 15) is 4.79 Å². The van der Waals surface area contributed by atoms with Gasteiger partial charge in [0.05, 0.1) is 16.4 Å². The molecule has 0 saturated heterocycles. The van der Waals surface area contributed by atoms with E-state index in [0.29, 0.717) is 26.3 Å². The number of aryl methyl sites for hydroxylation is 2. The van der Waals surface area contributed by atoms with E-state index in [4.69, 9.17) is 23.2 Å². The maximum Gasteiger partial charge on any atom is 0.267 e. The fourth-order valence-electron chi connectivity index (χ4n) is 3.00. The predicted octanol–water partition coefficient (Wildman–Crippen LogP) is 8.49. The number of thiophene rings is 1. The Kier molecular flexibility index (Phi) is 5.86. The standard InChI is InChI=1S/C23H17Cl2N3OS/c1-13-5-3-4-6-19(13)28-27-16-8-10-18(14(2)11-16)26-23(29)22-21(25)17-9-7-15(24)12-20(17)30-22/h3-12H,1-2H3,(H,26,29). The molecule has 0 bridgehead atoms. The molecule has 0 unspecified atom stereocenters. The van der Waals surface area contributed by atoms with Crippen LogP contribution < -0.4 is 5.32 Å². The Bertz CT molecular complexity index is 1300. The third-order valence-electron chi connectivity index (χ3n) is 4.64. The van der Waals surface area contributed by atoms with Crippen molar-refractivity contribution in [2.45, 2.75) is 13.8 Å². The first-order valence-electron chi connectivity index (χ1n) is 9.19. The highest BCUT2D eigenvalue weighted by Crippen LogP contribution is 2.37. The van der Waals surface area contributed by atoms with Crippen LogP contribution in [0.2, 0.25) is 10.0 Å². The predicted molar refractivity (Wildman–Crippen MR) is 126 cm³/mol. The van der Waals surface area contributed by atoms with Gasteiger partial charge in [-0.1, -0.05) is 47.5 Å². The quantitative estimate of drug-likeness (QED) is 0.309. The first kappa shape index (κ1) is 20.5. The summed E-state index contributed by atoms with van der Waals surface area (Å²) in [5, 5.41) is 13.4. The molecule has 0 radical (unpaired) electrons. The summed E-state index contributed by atoms with van der Waals surface area (Å²) in [5.41, 5.74) is 4.17. The first-order chi connectivity index (χ1) is 14.4. The van der Waals surface area contributed by atoms with Crippen molar-refractivity contribution in [3.05, 3.63) is 86.7 Å². The van der Waals surface area contributed by atoms with Crippen molar-refractivity contribution in [1.29, 1.82) is 0 Å². The van der Waals surface area contributed by atoms with Crippen molar-refractivity contribution in [2.75, 3.05) is 5.32 Å². The molecule has 0 aliphatic heterocycles. The van der Waals surface area contributed by atoms with Crippen molar-refractivity contribution in [3.63, 3.8) is 0 Å². The lowest BCUT2D eigenvalue weighted by atomic mass is 10.1. The monoisotopic (exact) mass is 453 g/mol. The summed E-state index contributed by atoms with van der Waals surface area (Å²) in [6, 6.07) is 18.7. The van der Waals surface area contributed by atoms with Crippen molar-refractivity contribution < 1.29 is 4.79 Å². The topological polar surface area (TPSA) is 53.8 Å². The van der Waals surface area contributed by atoms with Crippen LogP contribution in [0.4, 0.5) is 17.1 Å². The molecule has 150 valence electrons. The van der Waals surface area contributed by atoms with Crippen molar-refractivity contribution in [3.8, 4) is 0 Å². The number of benzene rings is 3. The molecule has 4 aromatic rings. The molecule has 0 atom stereocenters. The van der Waals surface area contributed by atoms with Crippen LogP contribution in [0, 0.1) is 13.8 Å². The number of carbonyl (C=O) groups excluding carboxylic acids is 1. The normalized spacial score (nSPS) is 11.3. The lowest BCUT2D eigenvalue weighted by Crippen LogP contribution is -2.11. The van der Waals surface area contributed by atoms with Crippen molar-refractivity contribution in [1.82, 2.24) is 0 Å². The molecule has 1 heterocycles. The second-order valence-corrected chi connectivity index (χ2v) is 8.69. The molecule has 3 aromatic carbocycles. The zero-order chi connectivity index (χ0) is 21.3. The van der Waals surface area contributed by atoms with E-state index in [1.807, 2.05) is 68.4 Å². The summed E-state index contributed by atoms with van der Waals surface area (Å²) < 4.78 is 0.876. The number of anilines is 1. The van der Waals surface area contributed by atoms with Gasteiger partial charge >= 0.3 is 0 Å². The van der Waals surface area contributed by atoms with E-state index < -0.39 is 0 Å². The highest BCUT2D eigenvalue weighted by molar-refractivity contribution is 7.21. The molecule has 0 spiro atoms. The highest BCUT2D eigenvalue weighted by Gasteiger charge is 2.18. The maximum absolute atomic E-state index is 12.8. The smallest absolute Gasteiger partial charge is 0.267 e. The van der Waals surface area contributed by atoms with Gasteiger partial charge in [0.1, 0.15) is 4.88 Å². The first-order valence-corrected chi connectivity index (χ1v) is 10.8. The van der Waals surface area contributed by atoms with Crippen LogP contribution in [-0.4, -0.2) is 5.91 Å². The number of nitrogens with zero attached hydrogens (tertiary/aromatic N) is 2. The van der Waals surface area contributed by atoms with E-state index in [2.05, 4.69) is 15.5 Å². The lowest BCUT2D eigenvalue weighted by Gasteiger charge is -2.08. The molecule has 1 aromatic heterocycles. The second-order valence-electron chi connectivity index (χ2n) is 6.83. The van der Waals surface area contributed by atoms with Crippen molar-refractivity contribution in [2.24, 2.45) is 10.2 Å². The summed E-state index contributed by atoms with van der Waals surface area (Å²) in [4.78, 5) is 13.3. The fourth-order valence-corrected chi connectivity index (χ4v) is 4.69. The summed E-state index contributed by atoms with van der Waals surface area (Å²) in [7, 11) is 0. The number of azo groups is 1. The summed E-state index contributed by atoms with van der Waals surface area (Å²) in [5.74, 6) is -0.255. The number of amides is 1. The van der Waals surface area contributed by atoms with Crippen LogP contribution in [0.3, 0.4) is 0 Å². The minimum atomic E-state index is -0.255. The van der Waals surface area contributed by atoms with E-state index in [1.54, 1.807) is 6.07 Å². The zero-order valence-electron chi connectivity index (χ0n) is 16.2. The Labute approximate surface area is 188 Å². The molecule has 0 saturated carbocycles. The average Bonchev–Trinajstić information content (AvgIpc) is 3.05. The van der Waals surface area contributed by atoms with Gasteiger partial charge in [-0.05, 0) is 61.4 Å². The van der Waals surface area contributed by atoms with Gasteiger partial charge < -0.3 is 5.32 Å². The average molecular weight is 454 g/mol. The molecular formula is C23H17Cl2N3OS. The number of carbonyl (C=O) groups is 1. The van der Waals surface area contributed by atoms with E-state index in [0.717, 1.165) is 26.9 Å². The molecule has 4 nitrogen and oxygen atoms in total. The Morgan fingerprint density at radius 1 is 0.933 bits per heavy atom. The Morgan fingerprint density at radius 3 is 2.50 bits per heavy atom. The number of hydrogen-bond donors (Lipinski definition) is 1. The van der Waals surface area contributed by atoms with Crippen LogP contribution >= 0.6 is 34.5 Å². The van der Waals surface area contributed by atoms with Gasteiger partial charge in [-0.3, -0.25) is 4.79 Å². The van der Waals surface area contributed by atoms with E-state index in [-0.39, 0.29) is 5.91 Å². The fraction of sp³-hybridized carbons (Fsp3) is 0.0870. The molecule has 0 aliphatic rings. The lowest BCUT2D eigenvalue weighted by molar-refractivity contribution is 0.103. The van der Waals surface area contributed by atoms with Gasteiger partial charge in [0.25, 0.3) is 5.91 Å². The number of rotatable bonds is 4. The van der Waals surface area contributed by atoms with Crippen molar-refractivity contribution >= 4 is 67.6 Å². The number of fused-ring (bicyclic) bond motifs is 1. The Morgan fingerprint density at radius 2 is 1.73 bits per heavy atom. The van der Waals surface area contributed by atoms with E-state index >= 15 is 0 Å². The van der Waals surface area contributed by atoms with Gasteiger partial charge in [-0.15, -0.1) is 11.3 Å². The van der Waals surface area contributed by atoms with Crippen LogP contribution in [-0.2, 0) is 0 Å². The van der Waals surface area contributed by atoms with Crippen LogP contribution in [0.5, 0.6) is 0 Å². The molecule has 30 heavy (non-hydrogen) atoms. The minimum Gasteiger partial charge on any atom is -0.321 e. The SMILES string of the molecule is Cc1ccccc1N=Nc1ccc(NC(=O)c2sc3cc(Cl)ccc3c2Cl)c(C)c1. The number of halogens is 2. The van der Waals surface area contributed by atoms with Crippen LogP contribution in [0.1, 0.15) is 20.8 Å². The van der Waals surface area contributed by atoms with Gasteiger partial charge in [-0.2, -0.15) is 10.2 Å². The second kappa shape index (κ2) is 8.56. The van der Waals surface area contributed by atoms with Gasteiger partial charge in [0, 0.05) is 20.8 Å². The van der Waals surface area contributed by atoms with Gasteiger partial charge in [0.15, 0.2) is 0 Å². The van der Waals surface area contributed by atoms with Gasteiger partial charge in [-0.25, -0.2) is 0 Å². The Balaban J connectivity index is 1.55. The minimum absolute atomic E-state index is 0.255. The third kappa shape index (κ3) is 4.24. The molecule has 4 rings (SSSR count). The molecule has 1 N–H and O–H groups in total. The Hall–Kier alpha value is -2.73. The molecule has 0 aliphatic carbocycles. The highest BCUT2D eigenvalue weighted by atomic mass is 35.5. The molecule has 0 fully saturated rings. The van der Waals surface area contributed by atoms with Gasteiger partial charge in [0.2, 0.25) is 0 Å². The molecule has 1 amide bonds. The largest absolute Gasteiger partial charge is 0.321 e. The third-order valence-corrected chi connectivity index (χ3v) is 6.54. The van der Waals surface area contributed by atoms with E-state index in [1.165, 1.54) is 11.3 Å². The summed E-state index contributed by atoms with van der Waals surface area (Å²) >= 11 is 13.8. The van der Waals surface area contributed by atoms with Crippen LogP contribution in [0.15, 0.2) is 70.9 Å². The number of nitrogens with one attached hydrogen (secondary N) is 1.